The van der Waals surface area contributed by atoms with Crippen LogP contribution in [0.1, 0.15) is 31.4 Å². The summed E-state index contributed by atoms with van der Waals surface area (Å²) in [7, 11) is 0. The van der Waals surface area contributed by atoms with Crippen LogP contribution in [0.5, 0.6) is 17.2 Å². The minimum Gasteiger partial charge on any atom is -0.508 e. The highest BCUT2D eigenvalue weighted by molar-refractivity contribution is 5.77. The van der Waals surface area contributed by atoms with E-state index < -0.39 is 0 Å². The van der Waals surface area contributed by atoms with Crippen LogP contribution < -0.4 is 14.8 Å². The summed E-state index contributed by atoms with van der Waals surface area (Å²) >= 11 is 0. The minimum absolute atomic E-state index is 0.0541. The summed E-state index contributed by atoms with van der Waals surface area (Å²) in [5.41, 5.74) is 3.15. The predicted molar refractivity (Wildman–Crippen MR) is 116 cm³/mol. The predicted octanol–water partition coefficient (Wildman–Crippen LogP) is 3.94. The molecule has 6 nitrogen and oxygen atoms in total. The standard InChI is InChI=1S/C24H28N2O4/c1-24(2,19-5-8-21-22(15-19)30-14-13-29-21)16-25-23(28)26-11-9-18(10-12-26)17-3-6-20(27)7-4-17/h3-9,15,27H,10-14,16H2,1-2H3,(H,25,28). The first kappa shape index (κ1) is 20.1. The normalized spacial score (nSPS) is 16.1. The number of phenolic OH excluding ortho intramolecular Hbond substituents is 1. The second-order valence-electron chi connectivity index (χ2n) is 8.37. The molecule has 158 valence electrons. The van der Waals surface area contributed by atoms with Gasteiger partial charge in [0.2, 0.25) is 0 Å². The molecular weight excluding hydrogens is 380 g/mol. The molecule has 0 fully saturated rings. The maximum atomic E-state index is 12.7. The van der Waals surface area contributed by atoms with Gasteiger partial charge < -0.3 is 24.8 Å². The molecule has 2 N–H and O–H groups in total. The molecule has 0 bridgehead atoms. The number of nitrogens with one attached hydrogen (secondary N) is 1. The molecule has 2 aromatic carbocycles. The van der Waals surface area contributed by atoms with E-state index in [0.717, 1.165) is 29.0 Å². The van der Waals surface area contributed by atoms with Crippen LogP contribution in [0.2, 0.25) is 0 Å². The van der Waals surface area contributed by atoms with Crippen molar-refractivity contribution in [2.45, 2.75) is 25.7 Å². The van der Waals surface area contributed by atoms with E-state index in [2.05, 4.69) is 25.2 Å². The van der Waals surface area contributed by atoms with E-state index in [1.165, 1.54) is 5.57 Å². The van der Waals surface area contributed by atoms with Gasteiger partial charge in [-0.15, -0.1) is 0 Å². The molecule has 30 heavy (non-hydrogen) atoms. The van der Waals surface area contributed by atoms with E-state index in [0.29, 0.717) is 32.8 Å². The Morgan fingerprint density at radius 3 is 2.53 bits per heavy atom. The summed E-state index contributed by atoms with van der Waals surface area (Å²) in [4.78, 5) is 14.5. The van der Waals surface area contributed by atoms with Gasteiger partial charge in [-0.2, -0.15) is 0 Å². The van der Waals surface area contributed by atoms with Crippen LogP contribution in [0.4, 0.5) is 4.79 Å². The number of benzene rings is 2. The Labute approximate surface area is 177 Å². The van der Waals surface area contributed by atoms with Crippen molar-refractivity contribution >= 4 is 11.6 Å². The highest BCUT2D eigenvalue weighted by atomic mass is 16.6. The van der Waals surface area contributed by atoms with E-state index in [4.69, 9.17) is 9.47 Å². The Hall–Kier alpha value is -3.15. The first-order chi connectivity index (χ1) is 14.4. The molecule has 0 aromatic heterocycles. The highest BCUT2D eigenvalue weighted by Gasteiger charge is 2.26. The molecule has 0 radical (unpaired) electrons. The van der Waals surface area contributed by atoms with Crippen molar-refractivity contribution in [1.29, 1.82) is 0 Å². The summed E-state index contributed by atoms with van der Waals surface area (Å²) in [6, 6.07) is 13.1. The third kappa shape index (κ3) is 4.37. The van der Waals surface area contributed by atoms with E-state index in [1.54, 1.807) is 12.1 Å². The topological polar surface area (TPSA) is 71.0 Å². The molecule has 2 amide bonds. The molecule has 4 rings (SSSR count). The van der Waals surface area contributed by atoms with Gasteiger partial charge in [0.05, 0.1) is 0 Å². The molecule has 2 heterocycles. The molecule has 0 aliphatic carbocycles. The number of carbonyl (C=O) groups is 1. The van der Waals surface area contributed by atoms with Crippen molar-refractivity contribution in [1.82, 2.24) is 10.2 Å². The van der Waals surface area contributed by atoms with E-state index in [-0.39, 0.29) is 17.2 Å². The van der Waals surface area contributed by atoms with Crippen LogP contribution in [0.25, 0.3) is 5.57 Å². The quantitative estimate of drug-likeness (QED) is 0.804. The zero-order valence-corrected chi connectivity index (χ0v) is 17.5. The number of amides is 2. The van der Waals surface area contributed by atoms with Crippen molar-refractivity contribution in [2.75, 3.05) is 32.8 Å². The van der Waals surface area contributed by atoms with Crippen molar-refractivity contribution < 1.29 is 19.4 Å². The molecular formula is C24H28N2O4. The first-order valence-electron chi connectivity index (χ1n) is 10.3. The number of nitrogens with zero attached hydrogens (tertiary/aromatic N) is 1. The van der Waals surface area contributed by atoms with Crippen molar-refractivity contribution in [2.24, 2.45) is 0 Å². The second kappa shape index (κ2) is 8.30. The van der Waals surface area contributed by atoms with Crippen molar-refractivity contribution in [3.05, 3.63) is 59.7 Å². The third-order valence-corrected chi connectivity index (χ3v) is 5.74. The smallest absolute Gasteiger partial charge is 0.317 e. The number of rotatable bonds is 4. The number of ether oxygens (including phenoxy) is 2. The van der Waals surface area contributed by atoms with Gasteiger partial charge in [0.15, 0.2) is 11.5 Å². The SMILES string of the molecule is CC(C)(CNC(=O)N1CC=C(c2ccc(O)cc2)CC1)c1ccc2c(c1)OCCO2. The van der Waals surface area contributed by atoms with Crippen molar-refractivity contribution in [3.8, 4) is 17.2 Å². The summed E-state index contributed by atoms with van der Waals surface area (Å²) < 4.78 is 11.3. The van der Waals surface area contributed by atoms with E-state index >= 15 is 0 Å². The van der Waals surface area contributed by atoms with Gasteiger partial charge in [0, 0.05) is 25.0 Å². The summed E-state index contributed by atoms with van der Waals surface area (Å²) in [5.74, 6) is 1.80. The Kier molecular flexibility index (Phi) is 5.57. The monoisotopic (exact) mass is 408 g/mol. The zero-order chi connectivity index (χ0) is 21.1. The summed E-state index contributed by atoms with van der Waals surface area (Å²) in [6.45, 7) is 7.12. The fourth-order valence-electron chi connectivity index (χ4n) is 3.77. The Morgan fingerprint density at radius 1 is 1.10 bits per heavy atom. The number of urea groups is 1. The van der Waals surface area contributed by atoms with Crippen LogP contribution in [-0.2, 0) is 5.41 Å². The van der Waals surface area contributed by atoms with Gasteiger partial charge in [-0.1, -0.05) is 38.1 Å². The molecule has 2 aliphatic rings. The van der Waals surface area contributed by atoms with Crippen LogP contribution in [0, 0.1) is 0 Å². The van der Waals surface area contributed by atoms with Crippen LogP contribution in [-0.4, -0.2) is 48.9 Å². The average Bonchev–Trinajstić information content (AvgIpc) is 2.78. The molecule has 0 unspecified atom stereocenters. The number of phenols is 1. The Balaban J connectivity index is 1.34. The molecule has 0 spiro atoms. The van der Waals surface area contributed by atoms with Gasteiger partial charge >= 0.3 is 6.03 Å². The number of carbonyl (C=O) groups excluding carboxylic acids is 1. The zero-order valence-electron chi connectivity index (χ0n) is 17.5. The lowest BCUT2D eigenvalue weighted by atomic mass is 9.84. The van der Waals surface area contributed by atoms with Crippen LogP contribution >= 0.6 is 0 Å². The number of hydrogen-bond donors (Lipinski definition) is 2. The number of fused-ring (bicyclic) bond motifs is 1. The van der Waals surface area contributed by atoms with Gasteiger partial charge in [-0.3, -0.25) is 0 Å². The number of aromatic hydroxyl groups is 1. The largest absolute Gasteiger partial charge is 0.508 e. The summed E-state index contributed by atoms with van der Waals surface area (Å²) in [6.07, 6.45) is 2.88. The van der Waals surface area contributed by atoms with Gasteiger partial charge in [0.25, 0.3) is 0 Å². The summed E-state index contributed by atoms with van der Waals surface area (Å²) in [5, 5.41) is 12.5. The Morgan fingerprint density at radius 2 is 1.83 bits per heavy atom. The number of hydrogen-bond acceptors (Lipinski definition) is 4. The van der Waals surface area contributed by atoms with Gasteiger partial charge in [-0.05, 0) is 47.4 Å². The van der Waals surface area contributed by atoms with Crippen LogP contribution in [0.3, 0.4) is 0 Å². The van der Waals surface area contributed by atoms with E-state index in [1.807, 2.05) is 35.2 Å². The van der Waals surface area contributed by atoms with Crippen molar-refractivity contribution in [3.63, 3.8) is 0 Å². The molecule has 2 aliphatic heterocycles. The first-order valence-corrected chi connectivity index (χ1v) is 10.3. The molecule has 0 saturated heterocycles. The molecule has 2 aromatic rings. The molecule has 0 atom stereocenters. The maximum Gasteiger partial charge on any atom is 0.317 e. The Bertz CT molecular complexity index is 950. The van der Waals surface area contributed by atoms with E-state index in [9.17, 15) is 9.90 Å². The lowest BCUT2D eigenvalue weighted by molar-refractivity contribution is 0.171. The lowest BCUT2D eigenvalue weighted by Gasteiger charge is -2.31. The van der Waals surface area contributed by atoms with Gasteiger partial charge in [0.1, 0.15) is 19.0 Å². The molecule has 6 heteroatoms. The third-order valence-electron chi connectivity index (χ3n) is 5.74. The maximum absolute atomic E-state index is 12.7. The fraction of sp³-hybridized carbons (Fsp3) is 0.375. The lowest BCUT2D eigenvalue weighted by Crippen LogP contribution is -2.46. The van der Waals surface area contributed by atoms with Crippen LogP contribution in [0.15, 0.2) is 48.5 Å². The van der Waals surface area contributed by atoms with Gasteiger partial charge in [-0.25, -0.2) is 4.79 Å². The molecule has 0 saturated carbocycles. The average molecular weight is 408 g/mol. The highest BCUT2D eigenvalue weighted by Crippen LogP contribution is 2.35. The minimum atomic E-state index is -0.242. The second-order valence-corrected chi connectivity index (χ2v) is 8.37. The fourth-order valence-corrected chi connectivity index (χ4v) is 3.77.